The number of rotatable bonds is 7. The van der Waals surface area contributed by atoms with Crippen LogP contribution in [0.1, 0.15) is 21.5 Å². The first-order chi connectivity index (χ1) is 12.7. The summed E-state index contributed by atoms with van der Waals surface area (Å²) in [5.74, 6) is 0.783. The second kappa shape index (κ2) is 9.36. The van der Waals surface area contributed by atoms with E-state index in [2.05, 4.69) is 10.2 Å². The number of nitrogens with one attached hydrogen (secondary N) is 1. The highest BCUT2D eigenvalue weighted by molar-refractivity contribution is 5.94. The third-order valence-electron chi connectivity index (χ3n) is 4.46. The van der Waals surface area contributed by atoms with Gasteiger partial charge in [0.2, 0.25) is 0 Å². The normalized spacial score (nSPS) is 14.8. The molecule has 5 heteroatoms. The Morgan fingerprint density at radius 3 is 2.58 bits per heavy atom. The van der Waals surface area contributed by atoms with Gasteiger partial charge in [0.05, 0.1) is 19.8 Å². The molecule has 0 bridgehead atoms. The fourth-order valence-corrected chi connectivity index (χ4v) is 2.92. The first-order valence-electron chi connectivity index (χ1n) is 9.08. The molecule has 1 saturated heterocycles. The number of hydrogen-bond acceptors (Lipinski definition) is 4. The molecule has 1 heterocycles. The summed E-state index contributed by atoms with van der Waals surface area (Å²) in [6, 6.07) is 15.7. The molecule has 0 radical (unpaired) electrons. The summed E-state index contributed by atoms with van der Waals surface area (Å²) in [4.78, 5) is 14.6. The predicted molar refractivity (Wildman–Crippen MR) is 102 cm³/mol. The lowest BCUT2D eigenvalue weighted by molar-refractivity contribution is 0.0342. The molecule has 26 heavy (non-hydrogen) atoms. The Labute approximate surface area is 154 Å². The highest BCUT2D eigenvalue weighted by Gasteiger charge is 2.11. The maximum absolute atomic E-state index is 12.2. The number of benzene rings is 2. The average molecular weight is 354 g/mol. The van der Waals surface area contributed by atoms with Crippen LogP contribution in [0.2, 0.25) is 0 Å². The smallest absolute Gasteiger partial charge is 0.251 e. The lowest BCUT2D eigenvalue weighted by Gasteiger charge is -2.26. The first kappa shape index (κ1) is 18.4. The minimum atomic E-state index is -0.0729. The van der Waals surface area contributed by atoms with Crippen LogP contribution in [-0.4, -0.2) is 50.3 Å². The molecule has 1 aliphatic heterocycles. The molecule has 0 spiro atoms. The van der Waals surface area contributed by atoms with Crippen LogP contribution in [0.4, 0.5) is 0 Å². The maximum atomic E-state index is 12.2. The molecule has 0 unspecified atom stereocenters. The summed E-state index contributed by atoms with van der Waals surface area (Å²) in [5, 5.41) is 2.90. The fraction of sp³-hybridized carbons (Fsp3) is 0.381. The molecule has 0 atom stereocenters. The zero-order chi connectivity index (χ0) is 18.2. The van der Waals surface area contributed by atoms with Gasteiger partial charge in [-0.25, -0.2) is 0 Å². The van der Waals surface area contributed by atoms with Crippen molar-refractivity contribution in [3.63, 3.8) is 0 Å². The van der Waals surface area contributed by atoms with Gasteiger partial charge in [-0.15, -0.1) is 0 Å². The van der Waals surface area contributed by atoms with E-state index in [4.69, 9.17) is 9.47 Å². The molecule has 2 aromatic carbocycles. The summed E-state index contributed by atoms with van der Waals surface area (Å²) < 4.78 is 11.1. The van der Waals surface area contributed by atoms with E-state index in [0.717, 1.165) is 44.2 Å². The van der Waals surface area contributed by atoms with Crippen molar-refractivity contribution in [2.45, 2.75) is 13.5 Å². The van der Waals surface area contributed by atoms with Crippen LogP contribution in [0.25, 0.3) is 0 Å². The van der Waals surface area contributed by atoms with Crippen molar-refractivity contribution in [3.8, 4) is 5.75 Å². The maximum Gasteiger partial charge on any atom is 0.251 e. The molecular formula is C21H26N2O3. The van der Waals surface area contributed by atoms with E-state index in [9.17, 15) is 4.79 Å². The van der Waals surface area contributed by atoms with Crippen molar-refractivity contribution < 1.29 is 14.3 Å². The van der Waals surface area contributed by atoms with Crippen LogP contribution in [0, 0.1) is 6.92 Å². The van der Waals surface area contributed by atoms with Crippen molar-refractivity contribution in [1.82, 2.24) is 10.2 Å². The first-order valence-corrected chi connectivity index (χ1v) is 9.08. The Balaban J connectivity index is 1.42. The Kier molecular flexibility index (Phi) is 6.63. The number of ether oxygens (including phenoxy) is 2. The number of amides is 1. The van der Waals surface area contributed by atoms with Gasteiger partial charge in [0.15, 0.2) is 0 Å². The molecule has 1 aliphatic rings. The summed E-state index contributed by atoms with van der Waals surface area (Å²) in [7, 11) is 0. The van der Waals surface area contributed by atoms with Crippen LogP contribution in [0.5, 0.6) is 5.75 Å². The lowest BCUT2D eigenvalue weighted by Crippen LogP contribution is -2.35. The fourth-order valence-electron chi connectivity index (χ4n) is 2.92. The van der Waals surface area contributed by atoms with Gasteiger partial charge in [0, 0.05) is 25.2 Å². The zero-order valence-corrected chi connectivity index (χ0v) is 15.2. The van der Waals surface area contributed by atoms with E-state index < -0.39 is 0 Å². The van der Waals surface area contributed by atoms with E-state index in [1.807, 2.05) is 55.5 Å². The van der Waals surface area contributed by atoms with E-state index in [0.29, 0.717) is 18.7 Å². The monoisotopic (exact) mass is 354 g/mol. The van der Waals surface area contributed by atoms with Crippen molar-refractivity contribution in [3.05, 3.63) is 65.2 Å². The molecular weight excluding hydrogens is 328 g/mol. The molecule has 0 aromatic heterocycles. The number of hydrogen-bond donors (Lipinski definition) is 1. The summed E-state index contributed by atoms with van der Waals surface area (Å²) in [6.45, 7) is 7.35. The molecule has 3 rings (SSSR count). The van der Waals surface area contributed by atoms with Gasteiger partial charge in [-0.2, -0.15) is 0 Å². The Bertz CT molecular complexity index is 709. The number of aryl methyl sites for hydroxylation is 1. The minimum Gasteiger partial charge on any atom is -0.491 e. The minimum absolute atomic E-state index is 0.0729. The molecule has 0 aliphatic carbocycles. The second-order valence-corrected chi connectivity index (χ2v) is 6.46. The van der Waals surface area contributed by atoms with E-state index >= 15 is 0 Å². The zero-order valence-electron chi connectivity index (χ0n) is 15.2. The molecule has 0 saturated carbocycles. The number of carbonyl (C=O) groups excluding carboxylic acids is 1. The van der Waals surface area contributed by atoms with Crippen LogP contribution in [0.15, 0.2) is 48.5 Å². The SMILES string of the molecule is Cc1ccccc1OCCNC(=O)c1ccc(CN2CCOCC2)cc1. The van der Waals surface area contributed by atoms with Gasteiger partial charge in [0.1, 0.15) is 12.4 Å². The highest BCUT2D eigenvalue weighted by Crippen LogP contribution is 2.15. The average Bonchev–Trinajstić information content (AvgIpc) is 2.68. The summed E-state index contributed by atoms with van der Waals surface area (Å²) in [5.41, 5.74) is 2.98. The molecule has 138 valence electrons. The largest absolute Gasteiger partial charge is 0.491 e. The second-order valence-electron chi connectivity index (χ2n) is 6.46. The van der Waals surface area contributed by atoms with Gasteiger partial charge in [-0.3, -0.25) is 9.69 Å². The van der Waals surface area contributed by atoms with E-state index in [-0.39, 0.29) is 5.91 Å². The van der Waals surface area contributed by atoms with E-state index in [1.165, 1.54) is 5.56 Å². The van der Waals surface area contributed by atoms with Gasteiger partial charge in [-0.05, 0) is 36.2 Å². The predicted octanol–water partition coefficient (Wildman–Crippen LogP) is 2.64. The molecule has 1 amide bonds. The van der Waals surface area contributed by atoms with Crippen molar-refractivity contribution in [1.29, 1.82) is 0 Å². The van der Waals surface area contributed by atoms with Gasteiger partial charge in [0.25, 0.3) is 5.91 Å². The van der Waals surface area contributed by atoms with Crippen LogP contribution in [0.3, 0.4) is 0 Å². The van der Waals surface area contributed by atoms with Crippen LogP contribution < -0.4 is 10.1 Å². The standard InChI is InChI=1S/C21H26N2O3/c1-17-4-2-3-5-20(17)26-13-10-22-21(24)19-8-6-18(7-9-19)16-23-11-14-25-15-12-23/h2-9H,10-16H2,1H3,(H,22,24). The Morgan fingerprint density at radius 1 is 1.12 bits per heavy atom. The van der Waals surface area contributed by atoms with Crippen LogP contribution >= 0.6 is 0 Å². The van der Waals surface area contributed by atoms with E-state index in [1.54, 1.807) is 0 Å². The van der Waals surface area contributed by atoms with Gasteiger partial charge < -0.3 is 14.8 Å². The third kappa shape index (κ3) is 5.31. The topological polar surface area (TPSA) is 50.8 Å². The van der Waals surface area contributed by atoms with Gasteiger partial charge in [-0.1, -0.05) is 30.3 Å². The summed E-state index contributed by atoms with van der Waals surface area (Å²) >= 11 is 0. The lowest BCUT2D eigenvalue weighted by atomic mass is 10.1. The quantitative estimate of drug-likeness (QED) is 0.777. The molecule has 5 nitrogen and oxygen atoms in total. The highest BCUT2D eigenvalue weighted by atomic mass is 16.5. The summed E-state index contributed by atoms with van der Waals surface area (Å²) in [6.07, 6.45) is 0. The molecule has 1 N–H and O–H groups in total. The van der Waals surface area contributed by atoms with Crippen LogP contribution in [-0.2, 0) is 11.3 Å². The Morgan fingerprint density at radius 2 is 1.85 bits per heavy atom. The third-order valence-corrected chi connectivity index (χ3v) is 4.46. The number of carbonyl (C=O) groups is 1. The van der Waals surface area contributed by atoms with Crippen molar-refractivity contribution in [2.24, 2.45) is 0 Å². The van der Waals surface area contributed by atoms with Crippen molar-refractivity contribution >= 4 is 5.91 Å². The number of para-hydroxylation sites is 1. The molecule has 1 fully saturated rings. The number of nitrogens with zero attached hydrogens (tertiary/aromatic N) is 1. The van der Waals surface area contributed by atoms with Crippen molar-refractivity contribution in [2.75, 3.05) is 39.5 Å². The molecule has 2 aromatic rings. The number of morpholine rings is 1. The Hall–Kier alpha value is -2.37. The van der Waals surface area contributed by atoms with Gasteiger partial charge >= 0.3 is 0 Å².